The highest BCUT2D eigenvalue weighted by molar-refractivity contribution is 5.82. The summed E-state index contributed by atoms with van der Waals surface area (Å²) >= 11 is 0. The minimum Gasteiger partial charge on any atom is -0.341 e. The van der Waals surface area contributed by atoms with Crippen LogP contribution in [0.5, 0.6) is 0 Å². The summed E-state index contributed by atoms with van der Waals surface area (Å²) in [5.74, 6) is 0. The number of hydrogen-bond donors (Lipinski definition) is 1. The van der Waals surface area contributed by atoms with Crippen molar-refractivity contribution in [3.63, 3.8) is 0 Å². The molecule has 110 valence electrons. The number of halogens is 3. The molecule has 2 nitrogen and oxygen atoms in total. The fourth-order valence-corrected chi connectivity index (χ4v) is 2.49. The first-order valence-electron chi connectivity index (χ1n) is 6.65. The smallest absolute Gasteiger partial charge is 0.341 e. The van der Waals surface area contributed by atoms with E-state index in [2.05, 4.69) is 9.88 Å². The minimum atomic E-state index is -4.30. The molecule has 0 radical (unpaired) electrons. The molecular formula is C15H19F3N2. The Morgan fingerprint density at radius 3 is 2.25 bits per heavy atom. The van der Waals surface area contributed by atoms with Crippen molar-refractivity contribution in [1.29, 1.82) is 0 Å². The van der Waals surface area contributed by atoms with Crippen LogP contribution in [-0.4, -0.2) is 11.6 Å². The van der Waals surface area contributed by atoms with Crippen LogP contribution in [-0.2, 0) is 6.18 Å². The zero-order valence-electron chi connectivity index (χ0n) is 12.0. The third-order valence-electron chi connectivity index (χ3n) is 3.59. The maximum Gasteiger partial charge on any atom is 0.416 e. The lowest BCUT2D eigenvalue weighted by Gasteiger charge is -2.19. The van der Waals surface area contributed by atoms with Gasteiger partial charge in [0.1, 0.15) is 0 Å². The summed E-state index contributed by atoms with van der Waals surface area (Å²) in [5.41, 5.74) is 1.23. The van der Waals surface area contributed by atoms with Gasteiger partial charge in [-0.05, 0) is 52.1 Å². The van der Waals surface area contributed by atoms with Crippen molar-refractivity contribution >= 4 is 10.9 Å². The highest BCUT2D eigenvalue weighted by Crippen LogP contribution is 2.34. The number of nitrogens with one attached hydrogen (secondary N) is 1. The van der Waals surface area contributed by atoms with E-state index in [0.29, 0.717) is 5.39 Å². The number of alkyl halides is 3. The molecule has 0 spiro atoms. The van der Waals surface area contributed by atoms with Gasteiger partial charge < -0.3 is 9.88 Å². The number of fused-ring (bicyclic) bond motifs is 1. The molecule has 0 bridgehead atoms. The summed E-state index contributed by atoms with van der Waals surface area (Å²) < 4.78 is 40.4. The van der Waals surface area contributed by atoms with Crippen molar-refractivity contribution in [2.45, 2.75) is 39.0 Å². The second-order valence-electron chi connectivity index (χ2n) is 5.31. The van der Waals surface area contributed by atoms with E-state index >= 15 is 0 Å². The van der Waals surface area contributed by atoms with Gasteiger partial charge in [-0.15, -0.1) is 0 Å². The van der Waals surface area contributed by atoms with E-state index in [1.165, 1.54) is 6.07 Å². The lowest BCUT2D eigenvalue weighted by molar-refractivity contribution is -0.137. The number of nitrogens with zero attached hydrogens (tertiary/aromatic N) is 1. The molecular weight excluding hydrogens is 265 g/mol. The van der Waals surface area contributed by atoms with E-state index in [4.69, 9.17) is 0 Å². The van der Waals surface area contributed by atoms with E-state index in [9.17, 15) is 13.2 Å². The van der Waals surface area contributed by atoms with E-state index < -0.39 is 11.7 Å². The Morgan fingerprint density at radius 2 is 1.75 bits per heavy atom. The topological polar surface area (TPSA) is 17.0 Å². The predicted molar refractivity (Wildman–Crippen MR) is 74.8 cm³/mol. The van der Waals surface area contributed by atoms with Crippen LogP contribution in [0.15, 0.2) is 24.3 Å². The minimum absolute atomic E-state index is 0.0825. The van der Waals surface area contributed by atoms with Gasteiger partial charge in [0.05, 0.1) is 5.56 Å². The van der Waals surface area contributed by atoms with Crippen LogP contribution in [0.3, 0.4) is 0 Å². The number of aromatic nitrogens is 1. The first kappa shape index (κ1) is 14.9. The van der Waals surface area contributed by atoms with Crippen molar-refractivity contribution in [2.75, 3.05) is 7.05 Å². The van der Waals surface area contributed by atoms with Crippen LogP contribution < -0.4 is 5.32 Å². The first-order valence-corrected chi connectivity index (χ1v) is 6.65. The fourth-order valence-electron chi connectivity index (χ4n) is 2.49. The Hall–Kier alpha value is -1.49. The first-order chi connectivity index (χ1) is 9.25. The Balaban J connectivity index is 2.67. The van der Waals surface area contributed by atoms with Crippen molar-refractivity contribution < 1.29 is 13.2 Å². The van der Waals surface area contributed by atoms with Crippen LogP contribution in [0.4, 0.5) is 13.2 Å². The third kappa shape index (κ3) is 2.54. The summed E-state index contributed by atoms with van der Waals surface area (Å²) in [6, 6.07) is 6.04. The van der Waals surface area contributed by atoms with Crippen LogP contribution >= 0.6 is 0 Å². The third-order valence-corrected chi connectivity index (χ3v) is 3.59. The van der Waals surface area contributed by atoms with Gasteiger partial charge in [0.25, 0.3) is 0 Å². The lowest BCUT2D eigenvalue weighted by Crippen LogP contribution is -2.17. The molecule has 0 saturated carbocycles. The van der Waals surface area contributed by atoms with Gasteiger partial charge in [0.15, 0.2) is 0 Å². The largest absolute Gasteiger partial charge is 0.416 e. The number of rotatable bonds is 3. The van der Waals surface area contributed by atoms with Crippen molar-refractivity contribution in [1.82, 2.24) is 9.88 Å². The van der Waals surface area contributed by atoms with Crippen LogP contribution in [0.2, 0.25) is 0 Å². The molecule has 5 heteroatoms. The SMILES string of the molecule is CNC(C)c1cc2cc(C(F)(F)F)ccc2n1C(C)C. The van der Waals surface area contributed by atoms with Gasteiger partial charge in [-0.25, -0.2) is 0 Å². The van der Waals surface area contributed by atoms with Crippen LogP contribution in [0.1, 0.15) is 44.1 Å². The monoisotopic (exact) mass is 284 g/mol. The van der Waals surface area contributed by atoms with Crippen LogP contribution in [0, 0.1) is 0 Å². The lowest BCUT2D eigenvalue weighted by atomic mass is 10.1. The molecule has 2 aromatic rings. The second kappa shape index (κ2) is 5.13. The normalized spacial score (nSPS) is 14.2. The summed E-state index contributed by atoms with van der Waals surface area (Å²) in [7, 11) is 1.84. The van der Waals surface area contributed by atoms with Gasteiger partial charge in [-0.3, -0.25) is 0 Å². The molecule has 0 saturated heterocycles. The molecule has 1 aromatic carbocycles. The molecule has 0 fully saturated rings. The molecule has 20 heavy (non-hydrogen) atoms. The molecule has 2 rings (SSSR count). The molecule has 1 heterocycles. The Labute approximate surface area is 116 Å². The molecule has 0 aliphatic carbocycles. The van der Waals surface area contributed by atoms with E-state index in [0.717, 1.165) is 17.3 Å². The molecule has 1 atom stereocenters. The zero-order chi connectivity index (χ0) is 15.1. The molecule has 1 aromatic heterocycles. The van der Waals surface area contributed by atoms with E-state index in [1.807, 2.05) is 33.9 Å². The number of hydrogen-bond acceptors (Lipinski definition) is 1. The van der Waals surface area contributed by atoms with E-state index in [-0.39, 0.29) is 12.1 Å². The molecule has 1 unspecified atom stereocenters. The Morgan fingerprint density at radius 1 is 1.10 bits per heavy atom. The predicted octanol–water partition coefficient (Wildman–Crippen LogP) is 4.52. The Kier molecular flexibility index (Phi) is 3.82. The summed E-state index contributed by atoms with van der Waals surface area (Å²) in [6.07, 6.45) is -4.30. The quantitative estimate of drug-likeness (QED) is 0.876. The van der Waals surface area contributed by atoms with Crippen molar-refractivity contribution in [2.24, 2.45) is 0 Å². The Bertz CT molecular complexity index is 611. The van der Waals surface area contributed by atoms with Gasteiger partial charge in [-0.1, -0.05) is 0 Å². The van der Waals surface area contributed by atoms with Gasteiger partial charge in [0.2, 0.25) is 0 Å². The van der Waals surface area contributed by atoms with Gasteiger partial charge in [-0.2, -0.15) is 13.2 Å². The molecule has 0 amide bonds. The van der Waals surface area contributed by atoms with Gasteiger partial charge in [0, 0.05) is 28.7 Å². The summed E-state index contributed by atoms with van der Waals surface area (Å²) in [5, 5.41) is 3.77. The highest BCUT2D eigenvalue weighted by Gasteiger charge is 2.31. The second-order valence-corrected chi connectivity index (χ2v) is 5.31. The average Bonchev–Trinajstić information content (AvgIpc) is 2.74. The molecule has 1 N–H and O–H groups in total. The highest BCUT2D eigenvalue weighted by atomic mass is 19.4. The van der Waals surface area contributed by atoms with E-state index in [1.54, 1.807) is 6.07 Å². The van der Waals surface area contributed by atoms with Crippen molar-refractivity contribution in [3.8, 4) is 0 Å². The van der Waals surface area contributed by atoms with Crippen molar-refractivity contribution in [3.05, 3.63) is 35.5 Å². The fraction of sp³-hybridized carbons (Fsp3) is 0.467. The average molecular weight is 284 g/mol. The zero-order valence-corrected chi connectivity index (χ0v) is 12.0. The molecule has 0 aliphatic rings. The van der Waals surface area contributed by atoms with Crippen LogP contribution in [0.25, 0.3) is 10.9 Å². The standard InChI is InChI=1S/C15H19F3N2/c1-9(2)20-13-6-5-12(15(16,17)18)7-11(13)8-14(20)10(3)19-4/h5-10,19H,1-4H3. The maximum absolute atomic E-state index is 12.8. The molecule has 0 aliphatic heterocycles. The maximum atomic E-state index is 12.8. The summed E-state index contributed by atoms with van der Waals surface area (Å²) in [4.78, 5) is 0. The number of benzene rings is 1. The van der Waals surface area contributed by atoms with Gasteiger partial charge >= 0.3 is 6.18 Å². The summed E-state index contributed by atoms with van der Waals surface area (Å²) in [6.45, 7) is 6.06.